The summed E-state index contributed by atoms with van der Waals surface area (Å²) in [7, 11) is 0. The quantitative estimate of drug-likeness (QED) is 0.627. The average molecular weight is 196 g/mol. The monoisotopic (exact) mass is 195 g/mol. The van der Waals surface area contributed by atoms with Gasteiger partial charge in [0.15, 0.2) is 0 Å². The summed E-state index contributed by atoms with van der Waals surface area (Å²) in [6.45, 7) is 0. The summed E-state index contributed by atoms with van der Waals surface area (Å²) in [5.41, 5.74) is 1.31. The van der Waals surface area contributed by atoms with Crippen molar-refractivity contribution < 1.29 is 0 Å². The molecule has 1 aliphatic carbocycles. The molecule has 1 fully saturated rings. The Hall–Kier alpha value is -0.560. The minimum absolute atomic E-state index is 0.318. The molecule has 0 spiro atoms. The Morgan fingerprint density at radius 3 is 2.85 bits per heavy atom. The Morgan fingerprint density at radius 2 is 2.15 bits per heavy atom. The molecule has 0 saturated heterocycles. The van der Waals surface area contributed by atoms with E-state index >= 15 is 0 Å². The first-order valence-corrected chi connectivity index (χ1v) is 5.35. The van der Waals surface area contributed by atoms with Crippen LogP contribution in [0.4, 0.5) is 0 Å². The first kappa shape index (κ1) is 9.01. The first-order chi connectivity index (χ1) is 6.38. The lowest BCUT2D eigenvalue weighted by Gasteiger charge is -2.26. The molecule has 0 radical (unpaired) electrons. The normalized spacial score (nSPS) is 28.7. The third-order valence-corrected chi connectivity index (χ3v) is 3.32. The van der Waals surface area contributed by atoms with Crippen LogP contribution in [0.1, 0.15) is 37.2 Å². The van der Waals surface area contributed by atoms with Crippen molar-refractivity contribution in [1.29, 1.82) is 0 Å². The van der Waals surface area contributed by atoms with Crippen molar-refractivity contribution in [3.63, 3.8) is 0 Å². The standard InChI is InChI=1S/C11H14ClN/c12-11-6-2-1-5-10(11)9-4-3-7-13-8-9/h3-4,7-8,10-11H,1-2,5-6H2. The fourth-order valence-corrected chi connectivity index (χ4v) is 2.48. The molecule has 2 heteroatoms. The van der Waals surface area contributed by atoms with Gasteiger partial charge in [-0.3, -0.25) is 4.98 Å². The van der Waals surface area contributed by atoms with Gasteiger partial charge in [0.05, 0.1) is 0 Å². The zero-order chi connectivity index (χ0) is 9.10. The van der Waals surface area contributed by atoms with Gasteiger partial charge < -0.3 is 0 Å². The number of halogens is 1. The highest BCUT2D eigenvalue weighted by Gasteiger charge is 2.24. The summed E-state index contributed by atoms with van der Waals surface area (Å²) in [6, 6.07) is 4.13. The van der Waals surface area contributed by atoms with Gasteiger partial charge in [0, 0.05) is 23.7 Å². The first-order valence-electron chi connectivity index (χ1n) is 4.92. The second kappa shape index (κ2) is 4.10. The van der Waals surface area contributed by atoms with E-state index in [4.69, 9.17) is 11.6 Å². The van der Waals surface area contributed by atoms with Crippen LogP contribution >= 0.6 is 11.6 Å². The van der Waals surface area contributed by atoms with Crippen molar-refractivity contribution in [1.82, 2.24) is 4.98 Å². The predicted molar refractivity (Wildman–Crippen MR) is 55.1 cm³/mol. The molecule has 0 aromatic carbocycles. The minimum atomic E-state index is 0.318. The number of hydrogen-bond acceptors (Lipinski definition) is 1. The van der Waals surface area contributed by atoms with E-state index in [1.165, 1.54) is 24.8 Å². The summed E-state index contributed by atoms with van der Waals surface area (Å²) in [5.74, 6) is 0.532. The lowest BCUT2D eigenvalue weighted by atomic mass is 9.84. The minimum Gasteiger partial charge on any atom is -0.264 e. The molecule has 1 aromatic heterocycles. The van der Waals surface area contributed by atoms with Crippen LogP contribution < -0.4 is 0 Å². The Bertz CT molecular complexity index is 260. The molecule has 1 saturated carbocycles. The van der Waals surface area contributed by atoms with Gasteiger partial charge >= 0.3 is 0 Å². The van der Waals surface area contributed by atoms with Crippen LogP contribution in [-0.2, 0) is 0 Å². The molecule has 0 aliphatic heterocycles. The summed E-state index contributed by atoms with van der Waals surface area (Å²) in [6.07, 6.45) is 8.73. The molecule has 1 aromatic rings. The second-order valence-electron chi connectivity index (χ2n) is 3.69. The number of pyridine rings is 1. The molecule has 1 heterocycles. The SMILES string of the molecule is ClC1CCCCC1c1cccnc1. The molecule has 2 rings (SSSR count). The number of rotatable bonds is 1. The maximum atomic E-state index is 6.29. The van der Waals surface area contributed by atoms with Crippen LogP contribution in [0.25, 0.3) is 0 Å². The van der Waals surface area contributed by atoms with Crippen molar-refractivity contribution in [2.75, 3.05) is 0 Å². The number of nitrogens with zero attached hydrogens (tertiary/aromatic N) is 1. The van der Waals surface area contributed by atoms with Crippen LogP contribution in [0.3, 0.4) is 0 Å². The van der Waals surface area contributed by atoms with E-state index in [-0.39, 0.29) is 0 Å². The van der Waals surface area contributed by atoms with Crippen molar-refractivity contribution in [2.24, 2.45) is 0 Å². The van der Waals surface area contributed by atoms with Gasteiger partial charge in [-0.2, -0.15) is 0 Å². The van der Waals surface area contributed by atoms with Crippen LogP contribution in [0, 0.1) is 0 Å². The highest BCUT2D eigenvalue weighted by molar-refractivity contribution is 6.21. The third-order valence-electron chi connectivity index (χ3n) is 2.79. The maximum Gasteiger partial charge on any atom is 0.0405 e. The van der Waals surface area contributed by atoms with Crippen molar-refractivity contribution in [3.05, 3.63) is 30.1 Å². The predicted octanol–water partition coefficient (Wildman–Crippen LogP) is 3.35. The molecule has 0 amide bonds. The molecule has 0 bridgehead atoms. The molecule has 13 heavy (non-hydrogen) atoms. The van der Waals surface area contributed by atoms with Crippen molar-refractivity contribution >= 4 is 11.6 Å². The van der Waals surface area contributed by atoms with Gasteiger partial charge in [-0.15, -0.1) is 11.6 Å². The summed E-state index contributed by atoms with van der Waals surface area (Å²) < 4.78 is 0. The fraction of sp³-hybridized carbons (Fsp3) is 0.545. The zero-order valence-electron chi connectivity index (χ0n) is 7.62. The van der Waals surface area contributed by atoms with Crippen LogP contribution in [0.2, 0.25) is 0 Å². The highest BCUT2D eigenvalue weighted by Crippen LogP contribution is 2.35. The van der Waals surface area contributed by atoms with Gasteiger partial charge in [0.2, 0.25) is 0 Å². The van der Waals surface area contributed by atoms with Gasteiger partial charge in [0.1, 0.15) is 0 Å². The molecule has 1 aliphatic rings. The smallest absolute Gasteiger partial charge is 0.0405 e. The lowest BCUT2D eigenvalue weighted by Crippen LogP contribution is -2.17. The van der Waals surface area contributed by atoms with Crippen molar-refractivity contribution in [2.45, 2.75) is 37.0 Å². The molecule has 70 valence electrons. The van der Waals surface area contributed by atoms with E-state index < -0.39 is 0 Å². The van der Waals surface area contributed by atoms with E-state index in [0.717, 1.165) is 6.42 Å². The van der Waals surface area contributed by atoms with E-state index in [1.807, 2.05) is 18.5 Å². The van der Waals surface area contributed by atoms with Gasteiger partial charge in [0.25, 0.3) is 0 Å². The van der Waals surface area contributed by atoms with Gasteiger partial charge in [-0.1, -0.05) is 18.9 Å². The van der Waals surface area contributed by atoms with Crippen LogP contribution in [0.15, 0.2) is 24.5 Å². The van der Waals surface area contributed by atoms with Gasteiger partial charge in [-0.25, -0.2) is 0 Å². The Balaban J connectivity index is 2.15. The third kappa shape index (κ3) is 2.02. The van der Waals surface area contributed by atoms with E-state index in [2.05, 4.69) is 11.1 Å². The lowest BCUT2D eigenvalue weighted by molar-refractivity contribution is 0.450. The molecular weight excluding hydrogens is 182 g/mol. The number of alkyl halides is 1. The van der Waals surface area contributed by atoms with E-state index in [9.17, 15) is 0 Å². The topological polar surface area (TPSA) is 12.9 Å². The molecule has 2 atom stereocenters. The highest BCUT2D eigenvalue weighted by atomic mass is 35.5. The number of hydrogen-bond donors (Lipinski definition) is 0. The number of aromatic nitrogens is 1. The van der Waals surface area contributed by atoms with Crippen molar-refractivity contribution in [3.8, 4) is 0 Å². The Labute approximate surface area is 84.1 Å². The summed E-state index contributed by atoms with van der Waals surface area (Å²) in [5, 5.41) is 0.318. The molecule has 0 N–H and O–H groups in total. The largest absolute Gasteiger partial charge is 0.264 e. The average Bonchev–Trinajstić information content (AvgIpc) is 2.20. The Morgan fingerprint density at radius 1 is 1.31 bits per heavy atom. The van der Waals surface area contributed by atoms with Gasteiger partial charge in [-0.05, 0) is 24.5 Å². The second-order valence-corrected chi connectivity index (χ2v) is 4.25. The molecule has 1 nitrogen and oxygen atoms in total. The van der Waals surface area contributed by atoms with E-state index in [1.54, 1.807) is 0 Å². The summed E-state index contributed by atoms with van der Waals surface area (Å²) >= 11 is 6.29. The maximum absolute atomic E-state index is 6.29. The molecule has 2 unspecified atom stereocenters. The van der Waals surface area contributed by atoms with Crippen LogP contribution in [0.5, 0.6) is 0 Å². The van der Waals surface area contributed by atoms with Crippen LogP contribution in [-0.4, -0.2) is 10.4 Å². The molecular formula is C11H14ClN. The van der Waals surface area contributed by atoms with E-state index in [0.29, 0.717) is 11.3 Å². The summed E-state index contributed by atoms with van der Waals surface area (Å²) in [4.78, 5) is 4.14. The Kier molecular flexibility index (Phi) is 2.84. The zero-order valence-corrected chi connectivity index (χ0v) is 8.37. The fourth-order valence-electron chi connectivity index (χ4n) is 2.06.